The van der Waals surface area contributed by atoms with Gasteiger partial charge in [0.2, 0.25) is 5.91 Å². The van der Waals surface area contributed by atoms with Crippen molar-refractivity contribution in [3.05, 3.63) is 21.9 Å². The molecule has 1 heterocycles. The Hall–Kier alpha value is -1.34. The molecule has 1 atom stereocenters. The normalized spacial score (nSPS) is 24.4. The number of carbonyl (C=O) groups is 1. The minimum atomic E-state index is -0.608. The summed E-state index contributed by atoms with van der Waals surface area (Å²) in [5.41, 5.74) is 0.589. The maximum Gasteiger partial charge on any atom is 0.228 e. The molecular formula is C16H20N2OS. The lowest BCUT2D eigenvalue weighted by Crippen LogP contribution is -2.50. The van der Waals surface area contributed by atoms with E-state index in [1.165, 1.54) is 16.9 Å². The van der Waals surface area contributed by atoms with Crippen LogP contribution in [0.2, 0.25) is 0 Å². The summed E-state index contributed by atoms with van der Waals surface area (Å²) in [4.78, 5) is 14.0. The first-order valence-corrected chi connectivity index (χ1v) is 8.42. The fourth-order valence-electron chi connectivity index (χ4n) is 3.50. The first-order valence-electron chi connectivity index (χ1n) is 7.54. The van der Waals surface area contributed by atoms with Crippen molar-refractivity contribution in [1.82, 2.24) is 5.32 Å². The van der Waals surface area contributed by atoms with E-state index in [0.29, 0.717) is 0 Å². The molecule has 1 N–H and O–H groups in total. The molecule has 20 heavy (non-hydrogen) atoms. The van der Waals surface area contributed by atoms with Gasteiger partial charge >= 0.3 is 0 Å². The third kappa shape index (κ3) is 2.47. The number of hydrogen-bond acceptors (Lipinski definition) is 3. The minimum absolute atomic E-state index is 0.0443. The van der Waals surface area contributed by atoms with E-state index in [9.17, 15) is 10.1 Å². The Bertz CT molecular complexity index is 537. The fraction of sp³-hybridized carbons (Fsp3) is 0.625. The van der Waals surface area contributed by atoms with Crippen LogP contribution in [-0.4, -0.2) is 11.4 Å². The number of fused-ring (bicyclic) bond motifs is 1. The summed E-state index contributed by atoms with van der Waals surface area (Å²) < 4.78 is 0. The summed E-state index contributed by atoms with van der Waals surface area (Å²) in [5, 5.41) is 14.6. The molecule has 2 aliphatic rings. The highest BCUT2D eigenvalue weighted by molar-refractivity contribution is 7.10. The predicted molar refractivity (Wildman–Crippen MR) is 79.6 cm³/mol. The topological polar surface area (TPSA) is 52.9 Å². The number of nitrogens with zero attached hydrogens (tertiary/aromatic N) is 1. The van der Waals surface area contributed by atoms with Crippen molar-refractivity contribution in [2.45, 2.75) is 62.8 Å². The lowest BCUT2D eigenvalue weighted by Gasteiger charge is -2.33. The molecule has 1 amide bonds. The Labute approximate surface area is 124 Å². The SMILES string of the molecule is N#CC1(NC(=O)C2CCCc3sccc32)CCCCC1. The van der Waals surface area contributed by atoms with Crippen molar-refractivity contribution < 1.29 is 4.79 Å². The highest BCUT2D eigenvalue weighted by atomic mass is 32.1. The molecule has 1 aromatic heterocycles. The van der Waals surface area contributed by atoms with Crippen molar-refractivity contribution in [3.8, 4) is 6.07 Å². The van der Waals surface area contributed by atoms with Crippen molar-refractivity contribution >= 4 is 17.2 Å². The van der Waals surface area contributed by atoms with Gasteiger partial charge in [0.25, 0.3) is 0 Å². The van der Waals surface area contributed by atoms with Crippen molar-refractivity contribution in [2.24, 2.45) is 0 Å². The van der Waals surface area contributed by atoms with Crippen LogP contribution >= 0.6 is 11.3 Å². The van der Waals surface area contributed by atoms with Gasteiger partial charge in [0, 0.05) is 4.88 Å². The molecule has 0 saturated heterocycles. The van der Waals surface area contributed by atoms with Gasteiger partial charge in [-0.1, -0.05) is 19.3 Å². The lowest BCUT2D eigenvalue weighted by molar-refractivity contribution is -0.124. The summed E-state index contributed by atoms with van der Waals surface area (Å²) in [7, 11) is 0. The van der Waals surface area contributed by atoms with E-state index in [1.807, 2.05) is 0 Å². The summed E-state index contributed by atoms with van der Waals surface area (Å²) >= 11 is 1.75. The van der Waals surface area contributed by atoms with Crippen LogP contribution in [0.25, 0.3) is 0 Å². The Morgan fingerprint density at radius 1 is 1.35 bits per heavy atom. The molecule has 0 spiro atoms. The van der Waals surface area contributed by atoms with Gasteiger partial charge in [0.1, 0.15) is 5.54 Å². The van der Waals surface area contributed by atoms with Crippen LogP contribution in [0.3, 0.4) is 0 Å². The number of carbonyl (C=O) groups excluding carboxylic acids is 1. The lowest BCUT2D eigenvalue weighted by atomic mass is 9.81. The Morgan fingerprint density at radius 2 is 2.15 bits per heavy atom. The first-order chi connectivity index (χ1) is 9.74. The van der Waals surface area contributed by atoms with Gasteiger partial charge in [0.15, 0.2) is 0 Å². The molecule has 106 valence electrons. The van der Waals surface area contributed by atoms with Crippen LogP contribution in [0, 0.1) is 11.3 Å². The van der Waals surface area contributed by atoms with Crippen molar-refractivity contribution in [2.75, 3.05) is 0 Å². The molecule has 0 aliphatic heterocycles. The number of amides is 1. The van der Waals surface area contributed by atoms with Crippen LogP contribution in [-0.2, 0) is 11.2 Å². The van der Waals surface area contributed by atoms with E-state index in [0.717, 1.165) is 44.9 Å². The van der Waals surface area contributed by atoms with E-state index in [2.05, 4.69) is 22.8 Å². The third-order valence-electron chi connectivity index (χ3n) is 4.65. The molecule has 1 aromatic rings. The largest absolute Gasteiger partial charge is 0.337 e. The van der Waals surface area contributed by atoms with Crippen molar-refractivity contribution in [3.63, 3.8) is 0 Å². The van der Waals surface area contributed by atoms with E-state index < -0.39 is 5.54 Å². The molecule has 0 radical (unpaired) electrons. The average Bonchev–Trinajstić information content (AvgIpc) is 2.96. The van der Waals surface area contributed by atoms with Crippen molar-refractivity contribution in [1.29, 1.82) is 5.26 Å². The van der Waals surface area contributed by atoms with E-state index >= 15 is 0 Å². The summed E-state index contributed by atoms with van der Waals surface area (Å²) in [5.74, 6) is 0.0185. The van der Waals surface area contributed by atoms with Gasteiger partial charge in [-0.15, -0.1) is 11.3 Å². The zero-order valence-corrected chi connectivity index (χ0v) is 12.5. The number of nitriles is 1. The molecular weight excluding hydrogens is 268 g/mol. The maximum absolute atomic E-state index is 12.6. The number of rotatable bonds is 2. The zero-order chi connectivity index (χ0) is 14.0. The van der Waals surface area contributed by atoms with Gasteiger partial charge in [-0.25, -0.2) is 0 Å². The van der Waals surface area contributed by atoms with Crippen LogP contribution in [0.1, 0.15) is 61.3 Å². The molecule has 1 unspecified atom stereocenters. The zero-order valence-electron chi connectivity index (χ0n) is 11.7. The first kappa shape index (κ1) is 13.6. The van der Waals surface area contributed by atoms with Gasteiger partial charge in [-0.3, -0.25) is 4.79 Å². The molecule has 0 bridgehead atoms. The molecule has 4 heteroatoms. The smallest absolute Gasteiger partial charge is 0.228 e. The highest BCUT2D eigenvalue weighted by Crippen LogP contribution is 2.36. The highest BCUT2D eigenvalue weighted by Gasteiger charge is 2.37. The molecule has 3 nitrogen and oxygen atoms in total. The number of thiophene rings is 1. The molecule has 3 rings (SSSR count). The summed E-state index contributed by atoms with van der Waals surface area (Å²) in [6.45, 7) is 0. The van der Waals surface area contributed by atoms with Crippen LogP contribution in [0.5, 0.6) is 0 Å². The van der Waals surface area contributed by atoms with Gasteiger partial charge in [0.05, 0.1) is 12.0 Å². The molecule has 1 saturated carbocycles. The summed E-state index contributed by atoms with van der Waals surface area (Å²) in [6.07, 6.45) is 7.96. The average molecular weight is 288 g/mol. The Morgan fingerprint density at radius 3 is 2.90 bits per heavy atom. The monoisotopic (exact) mass is 288 g/mol. The standard InChI is InChI=1S/C16H20N2OS/c17-11-16(8-2-1-3-9-16)18-15(19)13-5-4-6-14-12(13)7-10-20-14/h7,10,13H,1-6,8-9H2,(H,18,19). The predicted octanol–water partition coefficient (Wildman–Crippen LogP) is 3.51. The number of nitrogens with one attached hydrogen (secondary N) is 1. The van der Waals surface area contributed by atoms with Crippen LogP contribution in [0.4, 0.5) is 0 Å². The van der Waals surface area contributed by atoms with E-state index in [1.54, 1.807) is 11.3 Å². The molecule has 0 aromatic carbocycles. The van der Waals surface area contributed by atoms with E-state index in [-0.39, 0.29) is 11.8 Å². The second-order valence-electron chi connectivity index (χ2n) is 5.99. The second-order valence-corrected chi connectivity index (χ2v) is 6.99. The number of hydrogen-bond donors (Lipinski definition) is 1. The molecule has 2 aliphatic carbocycles. The fourth-order valence-corrected chi connectivity index (χ4v) is 4.49. The van der Waals surface area contributed by atoms with Crippen LogP contribution in [0.15, 0.2) is 11.4 Å². The quantitative estimate of drug-likeness (QED) is 0.905. The van der Waals surface area contributed by atoms with Gasteiger partial charge < -0.3 is 5.32 Å². The number of aryl methyl sites for hydroxylation is 1. The maximum atomic E-state index is 12.6. The molecule has 1 fully saturated rings. The van der Waals surface area contributed by atoms with Gasteiger partial charge in [-0.05, 0) is 49.1 Å². The summed E-state index contributed by atoms with van der Waals surface area (Å²) in [6, 6.07) is 4.46. The third-order valence-corrected chi connectivity index (χ3v) is 5.65. The Balaban J connectivity index is 1.76. The minimum Gasteiger partial charge on any atom is -0.337 e. The van der Waals surface area contributed by atoms with E-state index in [4.69, 9.17) is 0 Å². The van der Waals surface area contributed by atoms with Gasteiger partial charge in [-0.2, -0.15) is 5.26 Å². The second kappa shape index (κ2) is 5.57. The van der Waals surface area contributed by atoms with Crippen LogP contribution < -0.4 is 5.32 Å². The Kier molecular flexibility index (Phi) is 3.80.